The highest BCUT2D eigenvalue weighted by Gasteiger charge is 2.16. The van der Waals surface area contributed by atoms with Crippen molar-refractivity contribution in [1.82, 2.24) is 19.2 Å². The summed E-state index contributed by atoms with van der Waals surface area (Å²) < 4.78 is 4.14. The first-order chi connectivity index (χ1) is 12.0. The number of pyridine rings is 1. The largest absolute Gasteiger partial charge is 0.351 e. The van der Waals surface area contributed by atoms with Crippen molar-refractivity contribution >= 4 is 28.4 Å². The van der Waals surface area contributed by atoms with Crippen LogP contribution in [-0.2, 0) is 6.54 Å². The van der Waals surface area contributed by atoms with Crippen LogP contribution in [0, 0.1) is 13.8 Å². The zero-order chi connectivity index (χ0) is 17.6. The van der Waals surface area contributed by atoms with Gasteiger partial charge in [0.15, 0.2) is 5.65 Å². The van der Waals surface area contributed by atoms with E-state index in [0.717, 1.165) is 29.1 Å². The maximum absolute atomic E-state index is 11.4. The summed E-state index contributed by atoms with van der Waals surface area (Å²) in [6.45, 7) is 4.69. The summed E-state index contributed by atoms with van der Waals surface area (Å²) in [7, 11) is 0. The molecule has 3 aromatic heterocycles. The molecular weight excluding hydrogens is 316 g/mol. The minimum atomic E-state index is -0.625. The fourth-order valence-corrected chi connectivity index (χ4v) is 3.24. The molecule has 7 heteroatoms. The molecule has 126 valence electrons. The molecule has 0 unspecified atom stereocenters. The number of hydrogen-bond acceptors (Lipinski definition) is 3. The summed E-state index contributed by atoms with van der Waals surface area (Å²) in [4.78, 5) is 11.4. The Balaban J connectivity index is 1.98. The summed E-state index contributed by atoms with van der Waals surface area (Å²) in [6, 6.07) is 13.6. The highest BCUT2D eigenvalue weighted by atomic mass is 16.2. The smallest absolute Gasteiger partial charge is 0.316 e. The molecule has 0 spiro atoms. The van der Waals surface area contributed by atoms with Gasteiger partial charge in [-0.1, -0.05) is 30.3 Å². The lowest BCUT2D eigenvalue weighted by molar-refractivity contribution is 0.259. The number of nitrogens with zero attached hydrogens (tertiary/aromatic N) is 4. The number of hydrogen-bond donors (Lipinski definition) is 2. The molecule has 4 aromatic rings. The van der Waals surface area contributed by atoms with Crippen LogP contribution in [0.1, 0.15) is 17.1 Å². The van der Waals surface area contributed by atoms with Crippen molar-refractivity contribution in [2.75, 3.05) is 5.32 Å². The Bertz CT molecular complexity index is 1090. The highest BCUT2D eigenvalue weighted by Crippen LogP contribution is 2.28. The van der Waals surface area contributed by atoms with Crippen LogP contribution < -0.4 is 11.1 Å². The van der Waals surface area contributed by atoms with E-state index in [4.69, 9.17) is 5.73 Å². The molecule has 0 radical (unpaired) electrons. The van der Waals surface area contributed by atoms with Crippen LogP contribution in [0.2, 0.25) is 0 Å². The normalized spacial score (nSPS) is 11.3. The van der Waals surface area contributed by atoms with E-state index in [1.54, 1.807) is 0 Å². The van der Waals surface area contributed by atoms with Crippen LogP contribution in [0.4, 0.5) is 10.5 Å². The van der Waals surface area contributed by atoms with Gasteiger partial charge in [-0.3, -0.25) is 4.40 Å². The number of nitrogens with one attached hydrogen (secondary N) is 1. The maximum Gasteiger partial charge on any atom is 0.316 e. The SMILES string of the molecule is Cc1cc2c(cc(NC(N)=O)c3nnc(C)n32)n1Cc1ccccc1. The van der Waals surface area contributed by atoms with Crippen LogP contribution in [0.25, 0.3) is 16.7 Å². The number of fused-ring (bicyclic) bond motifs is 3. The lowest BCUT2D eigenvalue weighted by atomic mass is 10.2. The molecule has 3 N–H and O–H groups in total. The quantitative estimate of drug-likeness (QED) is 0.603. The number of aromatic nitrogens is 4. The Labute approximate surface area is 144 Å². The van der Waals surface area contributed by atoms with Crippen molar-refractivity contribution in [3.05, 3.63) is 59.5 Å². The van der Waals surface area contributed by atoms with E-state index >= 15 is 0 Å². The number of rotatable bonds is 3. The number of nitrogens with two attached hydrogens (primary N) is 1. The van der Waals surface area contributed by atoms with E-state index in [2.05, 4.69) is 45.2 Å². The first kappa shape index (κ1) is 15.2. The minimum absolute atomic E-state index is 0.549. The number of urea groups is 1. The molecule has 0 atom stereocenters. The van der Waals surface area contributed by atoms with Crippen LogP contribution in [0.3, 0.4) is 0 Å². The van der Waals surface area contributed by atoms with Gasteiger partial charge >= 0.3 is 6.03 Å². The van der Waals surface area contributed by atoms with Crippen molar-refractivity contribution in [3.8, 4) is 0 Å². The molecule has 2 amide bonds. The van der Waals surface area contributed by atoms with E-state index in [9.17, 15) is 4.79 Å². The fourth-order valence-electron chi connectivity index (χ4n) is 3.24. The molecule has 0 aliphatic rings. The van der Waals surface area contributed by atoms with Gasteiger partial charge in [-0.15, -0.1) is 10.2 Å². The van der Waals surface area contributed by atoms with Gasteiger partial charge in [0.2, 0.25) is 0 Å². The maximum atomic E-state index is 11.4. The van der Waals surface area contributed by atoms with E-state index < -0.39 is 6.03 Å². The number of benzene rings is 1. The number of carbonyl (C=O) groups excluding carboxylic acids is 1. The predicted molar refractivity (Wildman–Crippen MR) is 96.7 cm³/mol. The predicted octanol–water partition coefficient (Wildman–Crippen LogP) is 2.84. The van der Waals surface area contributed by atoms with Gasteiger partial charge in [-0.25, -0.2) is 4.79 Å². The lowest BCUT2D eigenvalue weighted by Crippen LogP contribution is -2.20. The Morgan fingerprint density at radius 3 is 2.60 bits per heavy atom. The second-order valence-electron chi connectivity index (χ2n) is 6.08. The average Bonchev–Trinajstić information content (AvgIpc) is 3.10. The Hall–Kier alpha value is -3.35. The summed E-state index contributed by atoms with van der Waals surface area (Å²) >= 11 is 0. The second-order valence-corrected chi connectivity index (χ2v) is 6.08. The van der Waals surface area contributed by atoms with Crippen molar-refractivity contribution in [2.24, 2.45) is 5.73 Å². The van der Waals surface area contributed by atoms with E-state index in [0.29, 0.717) is 11.3 Å². The molecule has 7 nitrogen and oxygen atoms in total. The van der Waals surface area contributed by atoms with Gasteiger partial charge in [0.25, 0.3) is 0 Å². The van der Waals surface area contributed by atoms with Gasteiger partial charge in [-0.2, -0.15) is 0 Å². The number of carbonyl (C=O) groups is 1. The van der Waals surface area contributed by atoms with Crippen LogP contribution in [0.15, 0.2) is 42.5 Å². The zero-order valence-corrected chi connectivity index (χ0v) is 14.0. The topological polar surface area (TPSA) is 90.2 Å². The molecule has 0 saturated heterocycles. The van der Waals surface area contributed by atoms with E-state index in [1.165, 1.54) is 5.56 Å². The van der Waals surface area contributed by atoms with Gasteiger partial charge in [0.1, 0.15) is 5.82 Å². The molecule has 0 aliphatic heterocycles. The summed E-state index contributed by atoms with van der Waals surface area (Å²) in [5.74, 6) is 0.755. The van der Waals surface area contributed by atoms with Crippen molar-refractivity contribution < 1.29 is 4.79 Å². The lowest BCUT2D eigenvalue weighted by Gasteiger charge is -2.11. The minimum Gasteiger partial charge on any atom is -0.351 e. The standard InChI is InChI=1S/C18H18N6O/c1-11-8-16-15(23(11)10-13-6-4-3-5-7-13)9-14(20-18(19)25)17-22-21-12(2)24(16)17/h3-9H,10H2,1-2H3,(H3,19,20,25). The zero-order valence-electron chi connectivity index (χ0n) is 14.0. The summed E-state index contributed by atoms with van der Waals surface area (Å²) in [6.07, 6.45) is 0. The summed E-state index contributed by atoms with van der Waals surface area (Å²) in [5.41, 5.74) is 10.8. The van der Waals surface area contributed by atoms with E-state index in [-0.39, 0.29) is 0 Å². The third-order valence-corrected chi connectivity index (χ3v) is 4.35. The van der Waals surface area contributed by atoms with Gasteiger partial charge in [0.05, 0.1) is 16.7 Å². The highest BCUT2D eigenvalue weighted by molar-refractivity contribution is 5.96. The molecule has 0 saturated carbocycles. The van der Waals surface area contributed by atoms with Crippen LogP contribution >= 0.6 is 0 Å². The fraction of sp³-hybridized carbons (Fsp3) is 0.167. The third kappa shape index (κ3) is 2.50. The van der Waals surface area contributed by atoms with Crippen LogP contribution in [-0.4, -0.2) is 25.2 Å². The first-order valence-electron chi connectivity index (χ1n) is 7.99. The average molecular weight is 334 g/mol. The molecule has 3 heterocycles. The molecule has 0 fully saturated rings. The molecule has 25 heavy (non-hydrogen) atoms. The Morgan fingerprint density at radius 2 is 1.88 bits per heavy atom. The van der Waals surface area contributed by atoms with Gasteiger partial charge in [0, 0.05) is 12.2 Å². The second kappa shape index (κ2) is 5.62. The summed E-state index contributed by atoms with van der Waals surface area (Å²) in [5, 5.41) is 11.0. The first-order valence-corrected chi connectivity index (χ1v) is 7.99. The molecule has 0 bridgehead atoms. The molecule has 1 aromatic carbocycles. The Kier molecular flexibility index (Phi) is 3.42. The third-order valence-electron chi connectivity index (χ3n) is 4.35. The number of primary amides is 1. The van der Waals surface area contributed by atoms with Gasteiger partial charge < -0.3 is 15.6 Å². The van der Waals surface area contributed by atoms with Crippen LogP contribution in [0.5, 0.6) is 0 Å². The number of amides is 2. The van der Waals surface area contributed by atoms with Crippen molar-refractivity contribution in [1.29, 1.82) is 0 Å². The molecule has 0 aliphatic carbocycles. The Morgan fingerprint density at radius 1 is 1.12 bits per heavy atom. The molecular formula is C18H18N6O. The number of aryl methyl sites for hydroxylation is 2. The molecule has 4 rings (SSSR count). The van der Waals surface area contributed by atoms with E-state index in [1.807, 2.05) is 35.6 Å². The number of anilines is 1. The monoisotopic (exact) mass is 334 g/mol. The van der Waals surface area contributed by atoms with Crippen molar-refractivity contribution in [3.63, 3.8) is 0 Å². The van der Waals surface area contributed by atoms with Crippen molar-refractivity contribution in [2.45, 2.75) is 20.4 Å². The van der Waals surface area contributed by atoms with Gasteiger partial charge in [-0.05, 0) is 31.5 Å².